The van der Waals surface area contributed by atoms with Gasteiger partial charge in [0, 0.05) is 38.4 Å². The van der Waals surface area contributed by atoms with E-state index >= 15 is 0 Å². The van der Waals surface area contributed by atoms with Crippen molar-refractivity contribution in [3.8, 4) is 0 Å². The summed E-state index contributed by atoms with van der Waals surface area (Å²) in [5, 5.41) is 6.04. The van der Waals surface area contributed by atoms with E-state index in [0.717, 1.165) is 43.1 Å². The fourth-order valence-electron chi connectivity index (χ4n) is 3.82. The second-order valence-corrected chi connectivity index (χ2v) is 7.29. The molecule has 2 aromatic carbocycles. The molecule has 148 valence electrons. The van der Waals surface area contributed by atoms with E-state index < -0.39 is 0 Å². The molecule has 0 unspecified atom stereocenters. The quantitative estimate of drug-likeness (QED) is 0.834. The van der Waals surface area contributed by atoms with E-state index in [1.165, 1.54) is 18.5 Å². The molecule has 6 nitrogen and oxygen atoms in total. The second-order valence-electron chi connectivity index (χ2n) is 7.29. The predicted molar refractivity (Wildman–Crippen MR) is 113 cm³/mol. The Kier molecular flexibility index (Phi) is 5.97. The zero-order valence-electron chi connectivity index (χ0n) is 16.2. The maximum absolute atomic E-state index is 12.6. The Morgan fingerprint density at radius 1 is 0.929 bits per heavy atom. The van der Waals surface area contributed by atoms with Crippen LogP contribution in [0.3, 0.4) is 0 Å². The molecule has 2 saturated heterocycles. The SMILES string of the molecule is O=C(NCc1ccccc1)Nc1cc(N2CCCC2)ccc1N1CCOCC1. The van der Waals surface area contributed by atoms with Crippen molar-refractivity contribution in [1.29, 1.82) is 0 Å². The van der Waals surface area contributed by atoms with Crippen LogP contribution in [0.1, 0.15) is 18.4 Å². The molecule has 0 spiro atoms. The van der Waals surface area contributed by atoms with Crippen molar-refractivity contribution in [1.82, 2.24) is 5.32 Å². The van der Waals surface area contributed by atoms with Crippen LogP contribution < -0.4 is 20.4 Å². The Morgan fingerprint density at radius 2 is 1.68 bits per heavy atom. The van der Waals surface area contributed by atoms with Gasteiger partial charge in [-0.15, -0.1) is 0 Å². The Balaban J connectivity index is 1.49. The minimum atomic E-state index is -0.183. The van der Waals surface area contributed by atoms with Gasteiger partial charge in [0.05, 0.1) is 24.6 Å². The van der Waals surface area contributed by atoms with Crippen LogP contribution in [0.15, 0.2) is 48.5 Å². The topological polar surface area (TPSA) is 56.8 Å². The average Bonchev–Trinajstić information content (AvgIpc) is 3.29. The standard InChI is InChI=1S/C22H28N4O2/c27-22(23-17-18-6-2-1-3-7-18)24-20-16-19(25-10-4-5-11-25)8-9-21(20)26-12-14-28-15-13-26/h1-3,6-9,16H,4-5,10-15,17H2,(H2,23,24,27). The van der Waals surface area contributed by atoms with Crippen LogP contribution in [0.25, 0.3) is 0 Å². The van der Waals surface area contributed by atoms with Crippen LogP contribution >= 0.6 is 0 Å². The Morgan fingerprint density at radius 3 is 2.43 bits per heavy atom. The largest absolute Gasteiger partial charge is 0.378 e. The summed E-state index contributed by atoms with van der Waals surface area (Å²) in [7, 11) is 0. The summed E-state index contributed by atoms with van der Waals surface area (Å²) in [5.74, 6) is 0. The highest BCUT2D eigenvalue weighted by Crippen LogP contribution is 2.32. The van der Waals surface area contributed by atoms with Gasteiger partial charge in [-0.1, -0.05) is 30.3 Å². The molecular formula is C22H28N4O2. The van der Waals surface area contributed by atoms with Crippen LogP contribution in [0.5, 0.6) is 0 Å². The number of benzene rings is 2. The smallest absolute Gasteiger partial charge is 0.319 e. The van der Waals surface area contributed by atoms with Gasteiger partial charge in [-0.25, -0.2) is 4.79 Å². The van der Waals surface area contributed by atoms with E-state index in [2.05, 4.69) is 38.6 Å². The molecule has 0 aromatic heterocycles. The van der Waals surface area contributed by atoms with Gasteiger partial charge in [0.2, 0.25) is 0 Å². The van der Waals surface area contributed by atoms with Crippen molar-refractivity contribution in [2.45, 2.75) is 19.4 Å². The second kappa shape index (κ2) is 8.97. The number of rotatable bonds is 5. The third kappa shape index (κ3) is 4.57. The summed E-state index contributed by atoms with van der Waals surface area (Å²) in [5.41, 5.74) is 4.17. The molecule has 2 heterocycles. The fourth-order valence-corrected chi connectivity index (χ4v) is 3.82. The number of anilines is 3. The van der Waals surface area contributed by atoms with Crippen LogP contribution in [-0.2, 0) is 11.3 Å². The summed E-state index contributed by atoms with van der Waals surface area (Å²) in [6, 6.07) is 16.2. The maximum atomic E-state index is 12.6. The Labute approximate surface area is 166 Å². The van der Waals surface area contributed by atoms with Crippen molar-refractivity contribution < 1.29 is 9.53 Å². The first kappa shape index (κ1) is 18.6. The lowest BCUT2D eigenvalue weighted by Crippen LogP contribution is -2.37. The molecule has 0 saturated carbocycles. The molecule has 2 fully saturated rings. The first-order valence-corrected chi connectivity index (χ1v) is 10.1. The molecule has 6 heteroatoms. The number of hydrogen-bond acceptors (Lipinski definition) is 4. The molecule has 0 bridgehead atoms. The van der Waals surface area contributed by atoms with Gasteiger partial charge in [-0.2, -0.15) is 0 Å². The number of carbonyl (C=O) groups is 1. The van der Waals surface area contributed by atoms with Crippen molar-refractivity contribution in [2.75, 3.05) is 54.5 Å². The van der Waals surface area contributed by atoms with Gasteiger partial charge in [0.1, 0.15) is 0 Å². The Bertz CT molecular complexity index is 784. The molecular weight excluding hydrogens is 352 g/mol. The highest BCUT2D eigenvalue weighted by atomic mass is 16.5. The number of amides is 2. The van der Waals surface area contributed by atoms with Crippen molar-refractivity contribution in [2.24, 2.45) is 0 Å². The monoisotopic (exact) mass is 380 g/mol. The van der Waals surface area contributed by atoms with Crippen molar-refractivity contribution in [3.63, 3.8) is 0 Å². The predicted octanol–water partition coefficient (Wildman–Crippen LogP) is 3.45. The first-order valence-electron chi connectivity index (χ1n) is 10.1. The highest BCUT2D eigenvalue weighted by Gasteiger charge is 2.19. The number of carbonyl (C=O) groups excluding carboxylic acids is 1. The molecule has 2 aromatic rings. The normalized spacial score (nSPS) is 16.9. The number of hydrogen-bond donors (Lipinski definition) is 2. The van der Waals surface area contributed by atoms with Gasteiger partial charge in [0.25, 0.3) is 0 Å². The third-order valence-electron chi connectivity index (χ3n) is 5.35. The maximum Gasteiger partial charge on any atom is 0.319 e. The lowest BCUT2D eigenvalue weighted by Gasteiger charge is -2.31. The van der Waals surface area contributed by atoms with Crippen LogP contribution in [0.2, 0.25) is 0 Å². The van der Waals surface area contributed by atoms with Gasteiger partial charge < -0.3 is 25.2 Å². The number of nitrogens with one attached hydrogen (secondary N) is 2. The van der Waals surface area contributed by atoms with E-state index in [1.54, 1.807) is 0 Å². The van der Waals surface area contributed by atoms with Crippen LogP contribution in [-0.4, -0.2) is 45.4 Å². The summed E-state index contributed by atoms with van der Waals surface area (Å²) < 4.78 is 5.49. The van der Waals surface area contributed by atoms with Crippen LogP contribution in [0, 0.1) is 0 Å². The van der Waals surface area contributed by atoms with E-state index in [1.807, 2.05) is 30.3 Å². The summed E-state index contributed by atoms with van der Waals surface area (Å²) in [6.07, 6.45) is 2.46. The molecule has 0 aliphatic carbocycles. The minimum absolute atomic E-state index is 0.183. The summed E-state index contributed by atoms with van der Waals surface area (Å²) in [6.45, 7) is 5.77. The van der Waals surface area contributed by atoms with Gasteiger partial charge in [-0.3, -0.25) is 0 Å². The van der Waals surface area contributed by atoms with Gasteiger partial charge >= 0.3 is 6.03 Å². The molecule has 0 atom stereocenters. The van der Waals surface area contributed by atoms with Crippen molar-refractivity contribution in [3.05, 3.63) is 54.1 Å². The van der Waals surface area contributed by atoms with E-state index in [9.17, 15) is 4.79 Å². The summed E-state index contributed by atoms with van der Waals surface area (Å²) >= 11 is 0. The lowest BCUT2D eigenvalue weighted by atomic mass is 10.2. The molecule has 2 N–H and O–H groups in total. The number of ether oxygens (including phenoxy) is 1. The van der Waals surface area contributed by atoms with Gasteiger partial charge in [0.15, 0.2) is 0 Å². The van der Waals surface area contributed by atoms with Crippen molar-refractivity contribution >= 4 is 23.1 Å². The molecule has 4 rings (SSSR count). The Hall–Kier alpha value is -2.73. The van der Waals surface area contributed by atoms with E-state index in [4.69, 9.17) is 4.74 Å². The molecule has 28 heavy (non-hydrogen) atoms. The first-order chi connectivity index (χ1) is 13.8. The zero-order valence-corrected chi connectivity index (χ0v) is 16.2. The zero-order chi connectivity index (χ0) is 19.2. The lowest BCUT2D eigenvalue weighted by molar-refractivity contribution is 0.123. The van der Waals surface area contributed by atoms with E-state index in [0.29, 0.717) is 19.8 Å². The average molecular weight is 380 g/mol. The van der Waals surface area contributed by atoms with E-state index in [-0.39, 0.29) is 6.03 Å². The molecule has 2 aliphatic heterocycles. The highest BCUT2D eigenvalue weighted by molar-refractivity contribution is 5.94. The molecule has 2 amide bonds. The summed E-state index contributed by atoms with van der Waals surface area (Å²) in [4.78, 5) is 17.2. The van der Waals surface area contributed by atoms with Gasteiger partial charge in [-0.05, 0) is 36.6 Å². The third-order valence-corrected chi connectivity index (χ3v) is 5.35. The van der Waals surface area contributed by atoms with Crippen LogP contribution in [0.4, 0.5) is 21.9 Å². The molecule has 2 aliphatic rings. The minimum Gasteiger partial charge on any atom is -0.378 e. The fraction of sp³-hybridized carbons (Fsp3) is 0.409. The number of nitrogens with zero attached hydrogens (tertiary/aromatic N) is 2. The number of morpholine rings is 1. The number of urea groups is 1. The molecule has 0 radical (unpaired) electrons.